The number of ether oxygens (including phenoxy) is 1. The summed E-state index contributed by atoms with van der Waals surface area (Å²) in [5.74, 6) is 0.276. The molecule has 1 aliphatic rings. The van der Waals surface area contributed by atoms with Crippen molar-refractivity contribution in [3.05, 3.63) is 0 Å². The van der Waals surface area contributed by atoms with E-state index in [9.17, 15) is 4.79 Å². The van der Waals surface area contributed by atoms with Gasteiger partial charge in [0.2, 0.25) is 0 Å². The van der Waals surface area contributed by atoms with Gasteiger partial charge in [-0.15, -0.1) is 0 Å². The Labute approximate surface area is 104 Å². The first-order valence-corrected chi connectivity index (χ1v) is 6.66. The number of carbonyl (C=O) groups is 1. The van der Waals surface area contributed by atoms with Gasteiger partial charge in [0.1, 0.15) is 5.78 Å². The van der Waals surface area contributed by atoms with Gasteiger partial charge in [0, 0.05) is 19.0 Å². The van der Waals surface area contributed by atoms with Crippen molar-refractivity contribution in [3.8, 4) is 0 Å². The fourth-order valence-corrected chi connectivity index (χ4v) is 2.44. The number of carbonyl (C=O) groups excluding carboxylic acids is 1. The van der Waals surface area contributed by atoms with Crippen molar-refractivity contribution in [3.63, 3.8) is 0 Å². The number of rotatable bonds is 7. The molecule has 4 heteroatoms. The van der Waals surface area contributed by atoms with E-state index in [2.05, 4.69) is 4.90 Å². The van der Waals surface area contributed by atoms with Gasteiger partial charge in [0.05, 0.1) is 19.8 Å². The van der Waals surface area contributed by atoms with E-state index in [0.717, 1.165) is 19.5 Å². The molecule has 1 saturated heterocycles. The van der Waals surface area contributed by atoms with Gasteiger partial charge < -0.3 is 9.84 Å². The van der Waals surface area contributed by atoms with E-state index in [-0.39, 0.29) is 12.4 Å². The smallest absolute Gasteiger partial charge is 0.131 e. The minimum absolute atomic E-state index is 0.0802. The summed E-state index contributed by atoms with van der Waals surface area (Å²) in [6.45, 7) is 4.75. The molecule has 1 unspecified atom stereocenters. The Balaban J connectivity index is 2.35. The third-order valence-corrected chi connectivity index (χ3v) is 3.28. The van der Waals surface area contributed by atoms with Crippen LogP contribution in [0.25, 0.3) is 0 Å². The topological polar surface area (TPSA) is 49.8 Å². The van der Waals surface area contributed by atoms with Crippen molar-refractivity contribution < 1.29 is 14.6 Å². The SMILES string of the molecule is CC(=O)CC1CCCCCN1CCOCCO. The summed E-state index contributed by atoms with van der Waals surface area (Å²) < 4.78 is 5.30. The Morgan fingerprint density at radius 1 is 1.35 bits per heavy atom. The third-order valence-electron chi connectivity index (χ3n) is 3.28. The van der Waals surface area contributed by atoms with Crippen molar-refractivity contribution >= 4 is 5.78 Å². The van der Waals surface area contributed by atoms with Crippen LogP contribution in [-0.4, -0.2) is 54.7 Å². The number of nitrogens with zero attached hydrogens (tertiary/aromatic N) is 1. The molecule has 1 N–H and O–H groups in total. The summed E-state index contributed by atoms with van der Waals surface area (Å²) in [6.07, 6.45) is 5.50. The number of ketones is 1. The highest BCUT2D eigenvalue weighted by molar-refractivity contribution is 5.76. The summed E-state index contributed by atoms with van der Waals surface area (Å²) in [6, 6.07) is 0.396. The Bertz CT molecular complexity index is 221. The summed E-state index contributed by atoms with van der Waals surface area (Å²) >= 11 is 0. The minimum atomic E-state index is 0.0802. The van der Waals surface area contributed by atoms with Gasteiger partial charge in [-0.05, 0) is 26.3 Å². The van der Waals surface area contributed by atoms with E-state index >= 15 is 0 Å². The number of aliphatic hydroxyl groups is 1. The van der Waals surface area contributed by atoms with E-state index in [1.807, 2.05) is 0 Å². The van der Waals surface area contributed by atoms with Gasteiger partial charge in [-0.2, -0.15) is 0 Å². The molecule has 4 nitrogen and oxygen atoms in total. The monoisotopic (exact) mass is 243 g/mol. The highest BCUT2D eigenvalue weighted by atomic mass is 16.5. The van der Waals surface area contributed by atoms with Crippen LogP contribution >= 0.6 is 0 Å². The van der Waals surface area contributed by atoms with Crippen molar-refractivity contribution in [1.29, 1.82) is 0 Å². The van der Waals surface area contributed by atoms with Crippen LogP contribution in [0.1, 0.15) is 39.0 Å². The Kier molecular flexibility index (Phi) is 7.40. The lowest BCUT2D eigenvalue weighted by atomic mass is 10.0. The van der Waals surface area contributed by atoms with Crippen LogP contribution in [0, 0.1) is 0 Å². The van der Waals surface area contributed by atoms with E-state index < -0.39 is 0 Å². The summed E-state index contributed by atoms with van der Waals surface area (Å²) in [5.41, 5.74) is 0. The van der Waals surface area contributed by atoms with Crippen molar-refractivity contribution in [2.45, 2.75) is 45.1 Å². The second-order valence-electron chi connectivity index (χ2n) is 4.78. The highest BCUT2D eigenvalue weighted by Gasteiger charge is 2.21. The molecular formula is C13H25NO3. The van der Waals surface area contributed by atoms with Gasteiger partial charge in [-0.1, -0.05) is 12.8 Å². The van der Waals surface area contributed by atoms with Crippen LogP contribution in [0.2, 0.25) is 0 Å². The summed E-state index contributed by atoms with van der Waals surface area (Å²) in [7, 11) is 0. The Hall–Kier alpha value is -0.450. The van der Waals surface area contributed by atoms with E-state index in [0.29, 0.717) is 25.7 Å². The molecule has 0 aromatic heterocycles. The zero-order valence-corrected chi connectivity index (χ0v) is 10.9. The quantitative estimate of drug-likeness (QED) is 0.683. The Morgan fingerprint density at radius 2 is 2.18 bits per heavy atom. The van der Waals surface area contributed by atoms with Gasteiger partial charge in [-0.3, -0.25) is 9.69 Å². The lowest BCUT2D eigenvalue weighted by molar-refractivity contribution is -0.118. The normalized spacial score (nSPS) is 22.4. The molecule has 0 amide bonds. The molecule has 0 saturated carbocycles. The summed E-state index contributed by atoms with van der Waals surface area (Å²) in [4.78, 5) is 13.6. The van der Waals surface area contributed by atoms with Crippen molar-refractivity contribution in [2.75, 3.05) is 32.9 Å². The molecule has 0 radical (unpaired) electrons. The van der Waals surface area contributed by atoms with Crippen molar-refractivity contribution in [1.82, 2.24) is 4.90 Å². The lowest BCUT2D eigenvalue weighted by Gasteiger charge is -2.29. The average molecular weight is 243 g/mol. The zero-order chi connectivity index (χ0) is 12.5. The molecule has 0 aromatic carbocycles. The minimum Gasteiger partial charge on any atom is -0.394 e. The lowest BCUT2D eigenvalue weighted by Crippen LogP contribution is -2.38. The first kappa shape index (κ1) is 14.6. The molecule has 0 aliphatic carbocycles. The molecule has 1 aliphatic heterocycles. The molecule has 100 valence electrons. The molecule has 0 bridgehead atoms. The number of Topliss-reactive ketones (excluding diaryl/α,β-unsaturated/α-hetero) is 1. The van der Waals surface area contributed by atoms with Crippen LogP contribution in [-0.2, 0) is 9.53 Å². The molecule has 17 heavy (non-hydrogen) atoms. The van der Waals surface area contributed by atoms with E-state index in [1.165, 1.54) is 19.3 Å². The van der Waals surface area contributed by atoms with Gasteiger partial charge in [0.15, 0.2) is 0 Å². The van der Waals surface area contributed by atoms with Crippen LogP contribution in [0.3, 0.4) is 0 Å². The predicted octanol–water partition coefficient (Wildman–Crippen LogP) is 1.22. The second-order valence-corrected chi connectivity index (χ2v) is 4.78. The maximum atomic E-state index is 11.3. The van der Waals surface area contributed by atoms with Gasteiger partial charge in [0.25, 0.3) is 0 Å². The molecular weight excluding hydrogens is 218 g/mol. The predicted molar refractivity (Wildman–Crippen MR) is 67.0 cm³/mol. The first-order valence-electron chi connectivity index (χ1n) is 6.66. The van der Waals surface area contributed by atoms with Gasteiger partial charge >= 0.3 is 0 Å². The molecule has 1 fully saturated rings. The average Bonchev–Trinajstić information content (AvgIpc) is 2.50. The fourth-order valence-electron chi connectivity index (χ4n) is 2.44. The number of hydrogen-bond acceptors (Lipinski definition) is 4. The molecule has 1 heterocycles. The third kappa shape index (κ3) is 6.15. The molecule has 1 atom stereocenters. The van der Waals surface area contributed by atoms with Crippen LogP contribution in [0.15, 0.2) is 0 Å². The van der Waals surface area contributed by atoms with Crippen molar-refractivity contribution in [2.24, 2.45) is 0 Å². The fraction of sp³-hybridized carbons (Fsp3) is 0.923. The standard InChI is InChI=1S/C13H25NO3/c1-12(16)11-13-5-3-2-4-6-14(13)7-9-17-10-8-15/h13,15H,2-11H2,1H3. The largest absolute Gasteiger partial charge is 0.394 e. The highest BCUT2D eigenvalue weighted by Crippen LogP contribution is 2.19. The van der Waals surface area contributed by atoms with Crippen LogP contribution in [0.5, 0.6) is 0 Å². The van der Waals surface area contributed by atoms with E-state index in [1.54, 1.807) is 6.92 Å². The maximum absolute atomic E-state index is 11.3. The van der Waals surface area contributed by atoms with Gasteiger partial charge in [-0.25, -0.2) is 0 Å². The first-order chi connectivity index (χ1) is 8.24. The number of likely N-dealkylation sites (tertiary alicyclic amines) is 1. The summed E-state index contributed by atoms with van der Waals surface area (Å²) in [5, 5.41) is 8.64. The number of aliphatic hydroxyl groups excluding tert-OH is 1. The zero-order valence-electron chi connectivity index (χ0n) is 10.9. The molecule has 1 rings (SSSR count). The Morgan fingerprint density at radius 3 is 2.88 bits per heavy atom. The molecule has 0 spiro atoms. The molecule has 0 aromatic rings. The van der Waals surface area contributed by atoms with E-state index in [4.69, 9.17) is 9.84 Å². The maximum Gasteiger partial charge on any atom is 0.131 e. The van der Waals surface area contributed by atoms with Crippen LogP contribution < -0.4 is 0 Å². The second kappa shape index (κ2) is 8.61. The van der Waals surface area contributed by atoms with Crippen LogP contribution in [0.4, 0.5) is 0 Å². The number of hydrogen-bond donors (Lipinski definition) is 1.